The van der Waals surface area contributed by atoms with E-state index in [-0.39, 0.29) is 5.91 Å². The maximum atomic E-state index is 11.7. The van der Waals surface area contributed by atoms with Crippen molar-refractivity contribution in [3.8, 4) is 0 Å². The molecule has 108 valence electrons. The Balaban J connectivity index is 1.96. The second-order valence-electron chi connectivity index (χ2n) is 5.43. The standard InChI is InChI=1S/C17H16BrNO2/c1-10-3-4-12(8-14(10)18)17(21)11-5-6-15-13(7-11)9-16(20)19(15)2/h3-8,17,21H,9H2,1-2H3. The molecule has 0 saturated heterocycles. The minimum absolute atomic E-state index is 0.0923. The first-order valence-electron chi connectivity index (χ1n) is 6.81. The van der Waals surface area contributed by atoms with Crippen molar-refractivity contribution >= 4 is 27.5 Å². The number of halogens is 1. The van der Waals surface area contributed by atoms with Crippen LogP contribution >= 0.6 is 15.9 Å². The summed E-state index contributed by atoms with van der Waals surface area (Å²) in [5.74, 6) is 0.0923. The Morgan fingerprint density at radius 1 is 1.19 bits per heavy atom. The lowest BCUT2D eigenvalue weighted by Gasteiger charge is -2.15. The highest BCUT2D eigenvalue weighted by Gasteiger charge is 2.25. The molecule has 1 heterocycles. The van der Waals surface area contributed by atoms with Gasteiger partial charge in [-0.05, 0) is 41.3 Å². The van der Waals surface area contributed by atoms with Crippen LogP contribution in [-0.2, 0) is 11.2 Å². The number of aliphatic hydroxyl groups excluding tert-OH is 1. The third-order valence-electron chi connectivity index (χ3n) is 4.01. The molecule has 0 aromatic heterocycles. The largest absolute Gasteiger partial charge is 0.384 e. The molecule has 1 aliphatic rings. The third kappa shape index (κ3) is 2.49. The Kier molecular flexibility index (Phi) is 3.59. The molecule has 0 saturated carbocycles. The van der Waals surface area contributed by atoms with Crippen molar-refractivity contribution in [2.75, 3.05) is 11.9 Å². The van der Waals surface area contributed by atoms with Crippen molar-refractivity contribution in [2.24, 2.45) is 0 Å². The topological polar surface area (TPSA) is 40.5 Å². The second-order valence-corrected chi connectivity index (χ2v) is 6.28. The molecule has 1 unspecified atom stereocenters. The normalized spacial score (nSPS) is 15.2. The van der Waals surface area contributed by atoms with E-state index in [1.165, 1.54) is 0 Å². The molecule has 0 aliphatic carbocycles. The van der Waals surface area contributed by atoms with Crippen LogP contribution in [0.15, 0.2) is 40.9 Å². The summed E-state index contributed by atoms with van der Waals surface area (Å²) in [4.78, 5) is 13.4. The molecule has 21 heavy (non-hydrogen) atoms. The SMILES string of the molecule is Cc1ccc(C(O)c2ccc3c(c2)CC(=O)N3C)cc1Br. The number of rotatable bonds is 2. The predicted octanol–water partition coefficient (Wildman–Crippen LogP) is 3.36. The number of fused-ring (bicyclic) bond motifs is 1. The zero-order chi connectivity index (χ0) is 15.1. The fraction of sp³-hybridized carbons (Fsp3) is 0.235. The van der Waals surface area contributed by atoms with E-state index in [2.05, 4.69) is 15.9 Å². The molecule has 3 nitrogen and oxygen atoms in total. The van der Waals surface area contributed by atoms with Gasteiger partial charge in [0.2, 0.25) is 5.91 Å². The number of carbonyl (C=O) groups is 1. The molecule has 0 spiro atoms. The van der Waals surface area contributed by atoms with E-state index in [0.717, 1.165) is 32.4 Å². The van der Waals surface area contributed by atoms with E-state index in [0.29, 0.717) is 6.42 Å². The molecule has 4 heteroatoms. The number of benzene rings is 2. The van der Waals surface area contributed by atoms with Gasteiger partial charge in [-0.15, -0.1) is 0 Å². The van der Waals surface area contributed by atoms with Gasteiger partial charge in [-0.1, -0.05) is 40.2 Å². The van der Waals surface area contributed by atoms with Crippen molar-refractivity contribution in [1.29, 1.82) is 0 Å². The molecule has 2 aromatic rings. The van der Waals surface area contributed by atoms with Gasteiger partial charge < -0.3 is 10.0 Å². The zero-order valence-corrected chi connectivity index (χ0v) is 13.5. The van der Waals surface area contributed by atoms with Crippen LogP contribution < -0.4 is 4.90 Å². The molecular formula is C17H16BrNO2. The molecule has 1 amide bonds. The number of aryl methyl sites for hydroxylation is 1. The van der Waals surface area contributed by atoms with Gasteiger partial charge in [0.25, 0.3) is 0 Å². The first kappa shape index (κ1) is 14.3. The molecular weight excluding hydrogens is 330 g/mol. The van der Waals surface area contributed by atoms with E-state index < -0.39 is 6.10 Å². The van der Waals surface area contributed by atoms with Crippen LogP contribution in [0.3, 0.4) is 0 Å². The predicted molar refractivity (Wildman–Crippen MR) is 86.5 cm³/mol. The van der Waals surface area contributed by atoms with Crippen LogP contribution in [0.1, 0.15) is 28.4 Å². The van der Waals surface area contributed by atoms with Gasteiger partial charge in [0, 0.05) is 17.2 Å². The van der Waals surface area contributed by atoms with Crippen molar-refractivity contribution in [1.82, 2.24) is 0 Å². The fourth-order valence-electron chi connectivity index (χ4n) is 2.63. The summed E-state index contributed by atoms with van der Waals surface area (Å²) >= 11 is 3.49. The number of hydrogen-bond donors (Lipinski definition) is 1. The highest BCUT2D eigenvalue weighted by atomic mass is 79.9. The average Bonchev–Trinajstić information content (AvgIpc) is 2.76. The highest BCUT2D eigenvalue weighted by Crippen LogP contribution is 2.32. The summed E-state index contributed by atoms with van der Waals surface area (Å²) in [6.07, 6.45) is -0.280. The van der Waals surface area contributed by atoms with Crippen molar-refractivity contribution in [3.63, 3.8) is 0 Å². The molecule has 0 fully saturated rings. The van der Waals surface area contributed by atoms with Crippen LogP contribution in [0.25, 0.3) is 0 Å². The van der Waals surface area contributed by atoms with Gasteiger partial charge in [-0.3, -0.25) is 4.79 Å². The number of carbonyl (C=O) groups excluding carboxylic acids is 1. The molecule has 1 N–H and O–H groups in total. The van der Waals surface area contributed by atoms with E-state index in [4.69, 9.17) is 0 Å². The maximum absolute atomic E-state index is 11.7. The van der Waals surface area contributed by atoms with Gasteiger partial charge >= 0.3 is 0 Å². The molecule has 1 aliphatic heterocycles. The number of amides is 1. The van der Waals surface area contributed by atoms with Crippen molar-refractivity contribution in [3.05, 3.63) is 63.1 Å². The van der Waals surface area contributed by atoms with Crippen molar-refractivity contribution < 1.29 is 9.90 Å². The van der Waals surface area contributed by atoms with Gasteiger partial charge in [0.1, 0.15) is 6.10 Å². The summed E-state index contributed by atoms with van der Waals surface area (Å²) in [5.41, 5.74) is 4.69. The Labute approximate surface area is 132 Å². The number of hydrogen-bond acceptors (Lipinski definition) is 2. The van der Waals surface area contributed by atoms with E-state index in [1.54, 1.807) is 11.9 Å². The minimum Gasteiger partial charge on any atom is -0.384 e. The molecule has 0 bridgehead atoms. The molecule has 1 atom stereocenters. The van der Waals surface area contributed by atoms with Crippen LogP contribution in [0.4, 0.5) is 5.69 Å². The van der Waals surface area contributed by atoms with Crippen LogP contribution in [0.2, 0.25) is 0 Å². The lowest BCUT2D eigenvalue weighted by Crippen LogP contribution is -2.20. The summed E-state index contributed by atoms with van der Waals surface area (Å²) in [7, 11) is 1.78. The van der Waals surface area contributed by atoms with E-state index in [9.17, 15) is 9.90 Å². The lowest BCUT2D eigenvalue weighted by atomic mass is 9.98. The van der Waals surface area contributed by atoms with E-state index in [1.807, 2.05) is 43.3 Å². The molecule has 2 aromatic carbocycles. The average molecular weight is 346 g/mol. The number of nitrogens with zero attached hydrogens (tertiary/aromatic N) is 1. The van der Waals surface area contributed by atoms with Gasteiger partial charge in [-0.25, -0.2) is 0 Å². The third-order valence-corrected chi connectivity index (χ3v) is 4.86. The summed E-state index contributed by atoms with van der Waals surface area (Å²) in [6, 6.07) is 11.6. The monoisotopic (exact) mass is 345 g/mol. The van der Waals surface area contributed by atoms with Gasteiger partial charge in [-0.2, -0.15) is 0 Å². The van der Waals surface area contributed by atoms with E-state index >= 15 is 0 Å². The summed E-state index contributed by atoms with van der Waals surface area (Å²) < 4.78 is 0.982. The Hall–Kier alpha value is -1.65. The Bertz CT molecular complexity index is 727. The summed E-state index contributed by atoms with van der Waals surface area (Å²) in [6.45, 7) is 2.01. The fourth-order valence-corrected chi connectivity index (χ4v) is 3.03. The second kappa shape index (κ2) is 5.28. The quantitative estimate of drug-likeness (QED) is 0.906. The number of aliphatic hydroxyl groups is 1. The highest BCUT2D eigenvalue weighted by molar-refractivity contribution is 9.10. The zero-order valence-electron chi connectivity index (χ0n) is 11.9. The lowest BCUT2D eigenvalue weighted by molar-refractivity contribution is -0.117. The Morgan fingerprint density at radius 2 is 1.86 bits per heavy atom. The molecule has 3 rings (SSSR count). The molecule has 0 radical (unpaired) electrons. The number of likely N-dealkylation sites (N-methyl/N-ethyl adjacent to an activating group) is 1. The summed E-state index contributed by atoms with van der Waals surface area (Å²) in [5, 5.41) is 10.6. The number of anilines is 1. The van der Waals surface area contributed by atoms with Crippen LogP contribution in [0.5, 0.6) is 0 Å². The maximum Gasteiger partial charge on any atom is 0.231 e. The Morgan fingerprint density at radius 3 is 2.57 bits per heavy atom. The minimum atomic E-state index is -0.687. The first-order valence-corrected chi connectivity index (χ1v) is 7.60. The van der Waals surface area contributed by atoms with Crippen LogP contribution in [0, 0.1) is 6.92 Å². The van der Waals surface area contributed by atoms with Gasteiger partial charge in [0.15, 0.2) is 0 Å². The van der Waals surface area contributed by atoms with Gasteiger partial charge in [0.05, 0.1) is 6.42 Å². The smallest absolute Gasteiger partial charge is 0.231 e. The van der Waals surface area contributed by atoms with Crippen LogP contribution in [-0.4, -0.2) is 18.1 Å². The van der Waals surface area contributed by atoms with Crippen molar-refractivity contribution in [2.45, 2.75) is 19.4 Å². The first-order chi connectivity index (χ1) is 9.97.